The average molecular weight is 180 g/mol. The summed E-state index contributed by atoms with van der Waals surface area (Å²) < 4.78 is 5.51. The fourth-order valence-electron chi connectivity index (χ4n) is 3.86. The van der Waals surface area contributed by atoms with Crippen molar-refractivity contribution in [2.24, 2.45) is 23.2 Å². The first-order chi connectivity index (χ1) is 6.16. The van der Waals surface area contributed by atoms with E-state index >= 15 is 0 Å². The highest BCUT2D eigenvalue weighted by Gasteiger charge is 2.66. The van der Waals surface area contributed by atoms with Crippen LogP contribution in [0.2, 0.25) is 0 Å². The zero-order chi connectivity index (χ0) is 9.22. The minimum atomic E-state index is 0.0923. The van der Waals surface area contributed by atoms with Crippen LogP contribution in [0.4, 0.5) is 0 Å². The first-order valence-corrected chi connectivity index (χ1v) is 5.37. The molecule has 2 nitrogen and oxygen atoms in total. The molecular formula is C11H16O2. The van der Waals surface area contributed by atoms with Gasteiger partial charge < -0.3 is 4.74 Å². The first kappa shape index (κ1) is 7.84. The van der Waals surface area contributed by atoms with Gasteiger partial charge in [-0.3, -0.25) is 4.79 Å². The Morgan fingerprint density at radius 2 is 2.31 bits per heavy atom. The predicted octanol–water partition coefficient (Wildman–Crippen LogP) is 1.98. The minimum absolute atomic E-state index is 0.0923. The summed E-state index contributed by atoms with van der Waals surface area (Å²) in [6.45, 7) is 4.53. The summed E-state index contributed by atoms with van der Waals surface area (Å²) in [6.07, 6.45) is 3.75. The van der Waals surface area contributed by atoms with Gasteiger partial charge in [-0.15, -0.1) is 0 Å². The van der Waals surface area contributed by atoms with Crippen LogP contribution in [-0.2, 0) is 9.53 Å². The van der Waals surface area contributed by atoms with E-state index in [4.69, 9.17) is 4.74 Å². The van der Waals surface area contributed by atoms with Crippen molar-refractivity contribution >= 4 is 5.97 Å². The van der Waals surface area contributed by atoms with Crippen molar-refractivity contribution in [2.45, 2.75) is 39.2 Å². The Bertz CT molecular complexity index is 273. The lowest BCUT2D eigenvalue weighted by atomic mass is 9.69. The van der Waals surface area contributed by atoms with Gasteiger partial charge in [0.15, 0.2) is 0 Å². The van der Waals surface area contributed by atoms with Crippen LogP contribution in [0.25, 0.3) is 0 Å². The standard InChI is InChI=1S/C11H16O2/c1-3-11(2)6-4-7-8(5-6)10(12)13-9(7)11/h6-9H,3-5H2,1-2H3/t6?,7?,8?,9?,11-/m0/s1. The van der Waals surface area contributed by atoms with Gasteiger partial charge in [0.05, 0.1) is 5.92 Å². The van der Waals surface area contributed by atoms with Gasteiger partial charge in [0.1, 0.15) is 6.10 Å². The number of carbonyl (C=O) groups excluding carboxylic acids is 1. The molecule has 2 bridgehead atoms. The molecule has 3 rings (SSSR count). The van der Waals surface area contributed by atoms with Crippen molar-refractivity contribution in [3.63, 3.8) is 0 Å². The summed E-state index contributed by atoms with van der Waals surface area (Å²) in [5.41, 5.74) is 0.299. The molecule has 0 amide bonds. The highest BCUT2D eigenvalue weighted by Crippen LogP contribution is 2.64. The molecule has 1 aliphatic heterocycles. The molecule has 0 N–H and O–H groups in total. The monoisotopic (exact) mass is 180 g/mol. The molecule has 13 heavy (non-hydrogen) atoms. The van der Waals surface area contributed by atoms with Gasteiger partial charge in [0, 0.05) is 11.3 Å². The van der Waals surface area contributed by atoms with Gasteiger partial charge in [-0.1, -0.05) is 13.8 Å². The summed E-state index contributed by atoms with van der Waals surface area (Å²) in [4.78, 5) is 11.5. The normalized spacial score (nSPS) is 57.2. The third kappa shape index (κ3) is 0.695. The Labute approximate surface area is 78.6 Å². The topological polar surface area (TPSA) is 26.3 Å². The van der Waals surface area contributed by atoms with E-state index in [0.29, 0.717) is 11.3 Å². The number of fused-ring (bicyclic) bond motifs is 1. The molecule has 2 aliphatic carbocycles. The number of ether oxygens (including phenoxy) is 1. The van der Waals surface area contributed by atoms with E-state index in [2.05, 4.69) is 13.8 Å². The third-order valence-corrected chi connectivity index (χ3v) is 4.89. The van der Waals surface area contributed by atoms with Crippen LogP contribution < -0.4 is 0 Å². The SMILES string of the molecule is CC[C@@]1(C)C2CC3C(=O)OC1C3C2. The second-order valence-corrected chi connectivity index (χ2v) is 5.16. The van der Waals surface area contributed by atoms with Gasteiger partial charge >= 0.3 is 5.97 Å². The fraction of sp³-hybridized carbons (Fsp3) is 0.909. The lowest BCUT2D eigenvalue weighted by molar-refractivity contribution is -0.146. The summed E-state index contributed by atoms with van der Waals surface area (Å²) in [6, 6.07) is 0. The largest absolute Gasteiger partial charge is 0.461 e. The maximum atomic E-state index is 11.5. The molecule has 0 aromatic carbocycles. The van der Waals surface area contributed by atoms with E-state index in [1.54, 1.807) is 0 Å². The van der Waals surface area contributed by atoms with Crippen molar-refractivity contribution in [3.05, 3.63) is 0 Å². The number of hydrogen-bond acceptors (Lipinski definition) is 2. The lowest BCUT2D eigenvalue weighted by Crippen LogP contribution is -2.36. The van der Waals surface area contributed by atoms with Crippen LogP contribution in [0.3, 0.4) is 0 Å². The van der Waals surface area contributed by atoms with Crippen LogP contribution >= 0.6 is 0 Å². The molecule has 0 aromatic rings. The van der Waals surface area contributed by atoms with Crippen LogP contribution in [0, 0.1) is 23.2 Å². The molecule has 0 spiro atoms. The van der Waals surface area contributed by atoms with E-state index in [1.807, 2.05) is 0 Å². The van der Waals surface area contributed by atoms with Gasteiger partial charge in [-0.05, 0) is 25.2 Å². The van der Waals surface area contributed by atoms with Crippen molar-refractivity contribution in [2.75, 3.05) is 0 Å². The zero-order valence-electron chi connectivity index (χ0n) is 8.25. The van der Waals surface area contributed by atoms with E-state index in [1.165, 1.54) is 6.42 Å². The zero-order valence-corrected chi connectivity index (χ0v) is 8.25. The number of carbonyl (C=O) groups is 1. The van der Waals surface area contributed by atoms with Gasteiger partial charge in [0.2, 0.25) is 0 Å². The molecule has 2 heteroatoms. The molecule has 0 radical (unpaired) electrons. The first-order valence-electron chi connectivity index (χ1n) is 5.37. The average Bonchev–Trinajstić information content (AvgIpc) is 2.70. The van der Waals surface area contributed by atoms with Crippen molar-refractivity contribution < 1.29 is 9.53 Å². The molecule has 4 unspecified atom stereocenters. The van der Waals surface area contributed by atoms with E-state index < -0.39 is 0 Å². The van der Waals surface area contributed by atoms with Gasteiger partial charge in [-0.25, -0.2) is 0 Å². The van der Waals surface area contributed by atoms with Crippen molar-refractivity contribution in [3.8, 4) is 0 Å². The van der Waals surface area contributed by atoms with Gasteiger partial charge in [0.25, 0.3) is 0 Å². The summed E-state index contributed by atoms with van der Waals surface area (Å²) in [5.74, 6) is 1.69. The number of esters is 1. The van der Waals surface area contributed by atoms with Crippen LogP contribution in [-0.4, -0.2) is 12.1 Å². The number of hydrogen-bond donors (Lipinski definition) is 0. The molecular weight excluding hydrogens is 164 g/mol. The maximum absolute atomic E-state index is 11.5. The molecule has 5 atom stereocenters. The number of rotatable bonds is 1. The van der Waals surface area contributed by atoms with Crippen molar-refractivity contribution in [1.29, 1.82) is 0 Å². The predicted molar refractivity (Wildman–Crippen MR) is 48.0 cm³/mol. The Balaban J connectivity index is 2.03. The van der Waals surface area contributed by atoms with Gasteiger partial charge in [-0.2, -0.15) is 0 Å². The molecule has 3 aliphatic rings. The fourth-order valence-corrected chi connectivity index (χ4v) is 3.86. The van der Waals surface area contributed by atoms with Crippen LogP contribution in [0.15, 0.2) is 0 Å². The summed E-state index contributed by atoms with van der Waals surface area (Å²) >= 11 is 0. The summed E-state index contributed by atoms with van der Waals surface area (Å²) in [7, 11) is 0. The molecule has 2 saturated carbocycles. The maximum Gasteiger partial charge on any atom is 0.309 e. The molecule has 0 aromatic heterocycles. The molecule has 1 saturated heterocycles. The highest BCUT2D eigenvalue weighted by molar-refractivity contribution is 5.76. The van der Waals surface area contributed by atoms with E-state index in [-0.39, 0.29) is 18.0 Å². The molecule has 3 fully saturated rings. The van der Waals surface area contributed by atoms with E-state index in [9.17, 15) is 4.79 Å². The second kappa shape index (κ2) is 2.10. The Hall–Kier alpha value is -0.530. The second-order valence-electron chi connectivity index (χ2n) is 5.16. The minimum Gasteiger partial charge on any atom is -0.461 e. The Morgan fingerprint density at radius 1 is 1.54 bits per heavy atom. The Kier molecular flexibility index (Phi) is 1.27. The quantitative estimate of drug-likeness (QED) is 0.577. The molecule has 1 heterocycles. The van der Waals surface area contributed by atoms with Crippen LogP contribution in [0.1, 0.15) is 33.1 Å². The Morgan fingerprint density at radius 3 is 3.00 bits per heavy atom. The van der Waals surface area contributed by atoms with E-state index in [0.717, 1.165) is 18.8 Å². The highest BCUT2D eigenvalue weighted by atomic mass is 16.6. The van der Waals surface area contributed by atoms with Crippen LogP contribution in [0.5, 0.6) is 0 Å². The lowest BCUT2D eigenvalue weighted by Gasteiger charge is -2.35. The molecule has 72 valence electrons. The third-order valence-electron chi connectivity index (χ3n) is 4.89. The van der Waals surface area contributed by atoms with Crippen molar-refractivity contribution in [1.82, 2.24) is 0 Å². The smallest absolute Gasteiger partial charge is 0.309 e. The summed E-state index contributed by atoms with van der Waals surface area (Å²) in [5, 5.41) is 0.